The summed E-state index contributed by atoms with van der Waals surface area (Å²) in [6.07, 6.45) is -9.18. The highest BCUT2D eigenvalue weighted by atomic mass is 19.4. The van der Waals surface area contributed by atoms with Crippen molar-refractivity contribution in [3.05, 3.63) is 46.7 Å². The van der Waals surface area contributed by atoms with E-state index in [-0.39, 0.29) is 31.0 Å². The van der Waals surface area contributed by atoms with E-state index in [1.54, 1.807) is 0 Å². The fraction of sp³-hybridized carbons (Fsp3) is 0.526. The Bertz CT molecular complexity index is 879. The van der Waals surface area contributed by atoms with E-state index in [1.165, 1.54) is 4.90 Å². The summed E-state index contributed by atoms with van der Waals surface area (Å²) in [6.45, 7) is 4.09. The molecule has 5 nitrogen and oxygen atoms in total. The average molecular weight is 435 g/mol. The molecule has 1 fully saturated rings. The largest absolute Gasteiger partial charge is 0.425 e. The van der Waals surface area contributed by atoms with E-state index in [4.69, 9.17) is 4.42 Å². The van der Waals surface area contributed by atoms with Crippen LogP contribution in [0.3, 0.4) is 0 Å². The van der Waals surface area contributed by atoms with Gasteiger partial charge < -0.3 is 9.32 Å². The molecule has 0 bridgehead atoms. The first-order chi connectivity index (χ1) is 13.9. The summed E-state index contributed by atoms with van der Waals surface area (Å²) >= 11 is 0. The molecule has 0 saturated carbocycles. The van der Waals surface area contributed by atoms with E-state index in [2.05, 4.69) is 10.2 Å². The molecule has 2 heterocycles. The van der Waals surface area contributed by atoms with Gasteiger partial charge in [-0.15, -0.1) is 10.2 Å². The van der Waals surface area contributed by atoms with Crippen LogP contribution >= 0.6 is 0 Å². The van der Waals surface area contributed by atoms with E-state index in [0.29, 0.717) is 36.8 Å². The summed E-state index contributed by atoms with van der Waals surface area (Å²) < 4.78 is 83.7. The van der Waals surface area contributed by atoms with Gasteiger partial charge >= 0.3 is 12.4 Å². The lowest BCUT2D eigenvalue weighted by Crippen LogP contribution is -2.38. The maximum atomic E-state index is 13.0. The van der Waals surface area contributed by atoms with Crippen molar-refractivity contribution in [3.8, 4) is 0 Å². The molecule has 0 N–H and O–H groups in total. The van der Waals surface area contributed by atoms with E-state index in [1.807, 2.05) is 13.8 Å². The number of benzene rings is 1. The van der Waals surface area contributed by atoms with Crippen molar-refractivity contribution in [2.75, 3.05) is 13.1 Å². The van der Waals surface area contributed by atoms with Gasteiger partial charge in [0.05, 0.1) is 11.1 Å². The smallest absolute Gasteiger partial charge is 0.416 e. The van der Waals surface area contributed by atoms with Crippen LogP contribution in [0.4, 0.5) is 26.3 Å². The predicted octanol–water partition coefficient (Wildman–Crippen LogP) is 5.25. The van der Waals surface area contributed by atoms with Crippen molar-refractivity contribution in [3.63, 3.8) is 0 Å². The number of likely N-dealkylation sites (tertiary alicyclic amines) is 1. The molecule has 1 aliphatic rings. The molecular formula is C19H19F6N3O2. The van der Waals surface area contributed by atoms with Gasteiger partial charge in [-0.3, -0.25) is 4.79 Å². The van der Waals surface area contributed by atoms with E-state index in [9.17, 15) is 31.1 Å². The molecule has 1 aromatic heterocycles. The summed E-state index contributed by atoms with van der Waals surface area (Å²) in [4.78, 5) is 13.9. The molecule has 1 aromatic carbocycles. The second kappa shape index (κ2) is 7.92. The molecule has 164 valence electrons. The SMILES string of the molecule is CC(C)c1nnc(C2CCN(C(=O)c3cc(C(F)(F)F)cc(C(F)(F)F)c3)CC2)o1. The Morgan fingerprint density at radius 3 is 1.97 bits per heavy atom. The number of carbonyl (C=O) groups is 1. The van der Waals surface area contributed by atoms with Crippen molar-refractivity contribution in [1.29, 1.82) is 0 Å². The average Bonchev–Trinajstić information content (AvgIpc) is 3.16. The summed E-state index contributed by atoms with van der Waals surface area (Å²) in [5, 5.41) is 7.94. The summed E-state index contributed by atoms with van der Waals surface area (Å²) in [7, 11) is 0. The van der Waals surface area contributed by atoms with E-state index in [0.717, 1.165) is 0 Å². The summed E-state index contributed by atoms with van der Waals surface area (Å²) in [5.41, 5.74) is -3.67. The highest BCUT2D eigenvalue weighted by Crippen LogP contribution is 2.37. The minimum Gasteiger partial charge on any atom is -0.425 e. The minimum absolute atomic E-state index is 0.00486. The van der Waals surface area contributed by atoms with Gasteiger partial charge in [0.25, 0.3) is 5.91 Å². The topological polar surface area (TPSA) is 59.2 Å². The van der Waals surface area contributed by atoms with E-state index >= 15 is 0 Å². The molecule has 0 radical (unpaired) electrons. The predicted molar refractivity (Wildman–Crippen MR) is 92.7 cm³/mol. The number of halogens is 6. The van der Waals surface area contributed by atoms with Gasteiger partial charge in [-0.2, -0.15) is 26.3 Å². The third kappa shape index (κ3) is 4.76. The standard InChI is InChI=1S/C19H19F6N3O2/c1-10(2)15-26-27-16(30-15)11-3-5-28(6-4-11)17(29)12-7-13(18(20,21)22)9-14(8-12)19(23,24)25/h7-11H,3-6H2,1-2H3. The molecular weight excluding hydrogens is 416 g/mol. The number of rotatable bonds is 3. The first-order valence-electron chi connectivity index (χ1n) is 9.28. The molecule has 11 heteroatoms. The number of alkyl halides is 6. The third-order valence-corrected chi connectivity index (χ3v) is 4.92. The fourth-order valence-electron chi connectivity index (χ4n) is 3.24. The van der Waals surface area contributed by atoms with Gasteiger partial charge in [-0.05, 0) is 31.0 Å². The molecule has 0 atom stereocenters. The lowest BCUT2D eigenvalue weighted by Gasteiger charge is -2.30. The Morgan fingerprint density at radius 1 is 1.00 bits per heavy atom. The van der Waals surface area contributed by atoms with Crippen LogP contribution in [0.5, 0.6) is 0 Å². The van der Waals surface area contributed by atoms with Crippen molar-refractivity contribution in [2.45, 2.75) is 50.9 Å². The zero-order chi connectivity index (χ0) is 22.3. The Balaban J connectivity index is 1.77. The molecule has 30 heavy (non-hydrogen) atoms. The highest BCUT2D eigenvalue weighted by Gasteiger charge is 2.38. The Hall–Kier alpha value is -2.59. The third-order valence-electron chi connectivity index (χ3n) is 4.92. The van der Waals surface area contributed by atoms with Crippen LogP contribution in [0.1, 0.15) is 71.8 Å². The second-order valence-corrected chi connectivity index (χ2v) is 7.49. The lowest BCUT2D eigenvalue weighted by molar-refractivity contribution is -0.143. The van der Waals surface area contributed by atoms with Crippen LogP contribution in [0, 0.1) is 0 Å². The maximum Gasteiger partial charge on any atom is 0.416 e. The van der Waals surface area contributed by atoms with Gasteiger partial charge in [0.1, 0.15) is 0 Å². The highest BCUT2D eigenvalue weighted by molar-refractivity contribution is 5.94. The van der Waals surface area contributed by atoms with Crippen LogP contribution in [-0.2, 0) is 12.4 Å². The monoisotopic (exact) mass is 435 g/mol. The molecule has 3 rings (SSSR count). The summed E-state index contributed by atoms with van der Waals surface area (Å²) in [5.74, 6) is -0.0484. The van der Waals surface area contributed by atoms with Gasteiger partial charge in [0.15, 0.2) is 0 Å². The fourth-order valence-corrected chi connectivity index (χ4v) is 3.24. The second-order valence-electron chi connectivity index (χ2n) is 7.49. The quantitative estimate of drug-likeness (QED) is 0.618. The molecule has 1 amide bonds. The lowest BCUT2D eigenvalue weighted by atomic mass is 9.95. The zero-order valence-electron chi connectivity index (χ0n) is 16.1. The Kier molecular flexibility index (Phi) is 5.83. The molecule has 0 unspecified atom stereocenters. The zero-order valence-corrected chi connectivity index (χ0v) is 16.1. The number of piperidine rings is 1. The number of nitrogens with zero attached hydrogens (tertiary/aromatic N) is 3. The molecule has 0 spiro atoms. The Morgan fingerprint density at radius 2 is 1.53 bits per heavy atom. The maximum absolute atomic E-state index is 13.0. The molecule has 1 saturated heterocycles. The number of carbonyl (C=O) groups excluding carboxylic acids is 1. The van der Waals surface area contributed by atoms with Gasteiger partial charge in [-0.1, -0.05) is 13.8 Å². The van der Waals surface area contributed by atoms with Crippen LogP contribution in [0.25, 0.3) is 0 Å². The number of hydrogen-bond acceptors (Lipinski definition) is 4. The van der Waals surface area contributed by atoms with Crippen LogP contribution in [-0.4, -0.2) is 34.1 Å². The van der Waals surface area contributed by atoms with E-state index < -0.39 is 35.0 Å². The van der Waals surface area contributed by atoms with Crippen molar-refractivity contribution in [2.24, 2.45) is 0 Å². The normalized spacial score (nSPS) is 16.4. The summed E-state index contributed by atoms with van der Waals surface area (Å²) in [6, 6.07) is 0.915. The first-order valence-corrected chi connectivity index (χ1v) is 9.28. The van der Waals surface area contributed by atoms with Crippen molar-refractivity contribution in [1.82, 2.24) is 15.1 Å². The Labute approximate surface area is 168 Å². The van der Waals surface area contributed by atoms with Crippen LogP contribution in [0.15, 0.2) is 22.6 Å². The first kappa shape index (κ1) is 22.1. The number of hydrogen-bond donors (Lipinski definition) is 0. The van der Waals surface area contributed by atoms with Gasteiger partial charge in [0.2, 0.25) is 11.8 Å². The molecule has 1 aliphatic heterocycles. The molecule has 2 aromatic rings. The van der Waals surface area contributed by atoms with Gasteiger partial charge in [0, 0.05) is 30.5 Å². The van der Waals surface area contributed by atoms with Gasteiger partial charge in [-0.25, -0.2) is 0 Å². The van der Waals surface area contributed by atoms with Crippen molar-refractivity contribution >= 4 is 5.91 Å². The van der Waals surface area contributed by atoms with Crippen molar-refractivity contribution < 1.29 is 35.6 Å². The van der Waals surface area contributed by atoms with Crippen LogP contribution < -0.4 is 0 Å². The number of amides is 1. The molecule has 0 aliphatic carbocycles. The minimum atomic E-state index is -5.00. The van der Waals surface area contributed by atoms with Crippen LogP contribution in [0.2, 0.25) is 0 Å². The number of aromatic nitrogens is 2.